The van der Waals surface area contributed by atoms with Gasteiger partial charge in [-0.1, -0.05) is 132 Å². The third kappa shape index (κ3) is 5.73. The van der Waals surface area contributed by atoms with E-state index in [-0.39, 0.29) is 0 Å². The lowest BCUT2D eigenvalue weighted by atomic mass is 9.72. The highest BCUT2D eigenvalue weighted by Gasteiger charge is 2.28. The molecule has 0 aliphatic carbocycles. The molecule has 0 saturated carbocycles. The van der Waals surface area contributed by atoms with Gasteiger partial charge in [-0.3, -0.25) is 0 Å². The summed E-state index contributed by atoms with van der Waals surface area (Å²) in [5, 5.41) is 4.28. The summed E-state index contributed by atoms with van der Waals surface area (Å²) in [7, 11) is -0.490. The van der Waals surface area contributed by atoms with Crippen LogP contribution >= 0.6 is 0 Å². The standard InChI is InChI=1S/C31H43Si/c1-6-9-10-11-12-15-22-31(7-2,8-3)28-21-20-25-23-27(19-18-26(25)24-28)29-16-13-14-17-30(29)32(4)5/h13-14,16-21,23-24H,6-12,15,22H2,1-5H3. The van der Waals surface area contributed by atoms with Crippen molar-refractivity contribution < 1.29 is 0 Å². The minimum absolute atomic E-state index is 0.325. The Hall–Kier alpha value is -1.86. The Labute approximate surface area is 199 Å². The molecule has 3 aromatic rings. The average molecular weight is 444 g/mol. The zero-order valence-electron chi connectivity index (χ0n) is 21.1. The van der Waals surface area contributed by atoms with Gasteiger partial charge >= 0.3 is 0 Å². The Kier molecular flexibility index (Phi) is 9.17. The van der Waals surface area contributed by atoms with Crippen LogP contribution in [0, 0.1) is 0 Å². The molecular formula is C31H43Si. The minimum atomic E-state index is -0.490. The zero-order valence-corrected chi connectivity index (χ0v) is 22.1. The smallest absolute Gasteiger partial charge is 0.0671 e. The third-order valence-corrected chi connectivity index (χ3v) is 9.11. The number of fused-ring (bicyclic) bond motifs is 1. The monoisotopic (exact) mass is 443 g/mol. The predicted octanol–water partition coefficient (Wildman–Crippen LogP) is 9.28. The van der Waals surface area contributed by atoms with Crippen LogP contribution in [0.25, 0.3) is 21.9 Å². The molecule has 32 heavy (non-hydrogen) atoms. The number of rotatable bonds is 12. The molecule has 1 heteroatoms. The number of hydrogen-bond donors (Lipinski definition) is 0. The van der Waals surface area contributed by atoms with Gasteiger partial charge in [0.2, 0.25) is 0 Å². The second-order valence-corrected chi connectivity index (χ2v) is 12.4. The van der Waals surface area contributed by atoms with Crippen LogP contribution in [0.2, 0.25) is 13.1 Å². The van der Waals surface area contributed by atoms with Gasteiger partial charge in [-0.05, 0) is 58.2 Å². The van der Waals surface area contributed by atoms with E-state index >= 15 is 0 Å². The molecule has 0 amide bonds. The highest BCUT2D eigenvalue weighted by Crippen LogP contribution is 2.38. The largest absolute Gasteiger partial charge is 0.0799 e. The van der Waals surface area contributed by atoms with E-state index in [2.05, 4.69) is 94.5 Å². The van der Waals surface area contributed by atoms with E-state index in [4.69, 9.17) is 0 Å². The molecule has 0 atom stereocenters. The lowest BCUT2D eigenvalue weighted by Crippen LogP contribution is -2.24. The summed E-state index contributed by atoms with van der Waals surface area (Å²) < 4.78 is 0. The van der Waals surface area contributed by atoms with Crippen LogP contribution < -0.4 is 5.19 Å². The van der Waals surface area contributed by atoms with Gasteiger partial charge in [0.25, 0.3) is 0 Å². The van der Waals surface area contributed by atoms with Crippen molar-refractivity contribution in [2.45, 2.75) is 97.1 Å². The molecule has 3 rings (SSSR count). The molecular weight excluding hydrogens is 400 g/mol. The predicted molar refractivity (Wildman–Crippen MR) is 147 cm³/mol. The molecule has 0 heterocycles. The van der Waals surface area contributed by atoms with Crippen molar-refractivity contribution in [3.8, 4) is 11.1 Å². The maximum absolute atomic E-state index is 2.49. The maximum Gasteiger partial charge on any atom is 0.0799 e. The first-order valence-electron chi connectivity index (χ1n) is 13.0. The Morgan fingerprint density at radius 1 is 0.688 bits per heavy atom. The fraction of sp³-hybridized carbons (Fsp3) is 0.484. The van der Waals surface area contributed by atoms with Crippen molar-refractivity contribution >= 4 is 24.8 Å². The Balaban J connectivity index is 1.84. The lowest BCUT2D eigenvalue weighted by molar-refractivity contribution is 0.348. The van der Waals surface area contributed by atoms with Crippen molar-refractivity contribution in [3.05, 3.63) is 66.2 Å². The van der Waals surface area contributed by atoms with E-state index < -0.39 is 8.80 Å². The van der Waals surface area contributed by atoms with Crippen LogP contribution in [0.1, 0.15) is 84.1 Å². The van der Waals surface area contributed by atoms with Gasteiger partial charge in [0.05, 0.1) is 8.80 Å². The summed E-state index contributed by atoms with van der Waals surface area (Å²) in [5.41, 5.74) is 4.64. The number of benzene rings is 3. The SMILES string of the molecule is CCCCCCCCC(CC)(CC)c1ccc2cc(-c3ccccc3[Si](C)C)ccc2c1. The van der Waals surface area contributed by atoms with Gasteiger partial charge < -0.3 is 0 Å². The fourth-order valence-corrected chi connectivity index (χ4v) is 6.51. The minimum Gasteiger partial charge on any atom is -0.0671 e. The summed E-state index contributed by atoms with van der Waals surface area (Å²) >= 11 is 0. The molecule has 0 aliphatic rings. The molecule has 0 spiro atoms. The van der Waals surface area contributed by atoms with Gasteiger partial charge in [-0.15, -0.1) is 0 Å². The van der Waals surface area contributed by atoms with Crippen molar-refractivity contribution in [2.24, 2.45) is 0 Å². The molecule has 0 nitrogen and oxygen atoms in total. The highest BCUT2D eigenvalue weighted by atomic mass is 28.3. The van der Waals surface area contributed by atoms with Crippen LogP contribution in [0.3, 0.4) is 0 Å². The molecule has 0 aliphatic heterocycles. The third-order valence-electron chi connectivity index (χ3n) is 7.59. The zero-order chi connectivity index (χ0) is 23.0. The van der Waals surface area contributed by atoms with Crippen LogP contribution in [0.4, 0.5) is 0 Å². The van der Waals surface area contributed by atoms with Gasteiger partial charge in [0.1, 0.15) is 0 Å². The lowest BCUT2D eigenvalue weighted by Gasteiger charge is -2.33. The quantitative estimate of drug-likeness (QED) is 0.193. The summed E-state index contributed by atoms with van der Waals surface area (Å²) in [6.07, 6.45) is 12.0. The number of unbranched alkanes of at least 4 members (excludes halogenated alkanes) is 5. The van der Waals surface area contributed by atoms with E-state index in [0.717, 1.165) is 0 Å². The van der Waals surface area contributed by atoms with Gasteiger partial charge in [0, 0.05) is 0 Å². The molecule has 0 aromatic heterocycles. The molecule has 0 fully saturated rings. The molecule has 0 saturated heterocycles. The van der Waals surface area contributed by atoms with Crippen LogP contribution in [0.15, 0.2) is 60.7 Å². The van der Waals surface area contributed by atoms with Crippen molar-refractivity contribution in [1.29, 1.82) is 0 Å². The Morgan fingerprint density at radius 2 is 1.34 bits per heavy atom. The van der Waals surface area contributed by atoms with Crippen LogP contribution in [-0.4, -0.2) is 8.80 Å². The summed E-state index contributed by atoms with van der Waals surface area (Å²) in [6.45, 7) is 11.8. The number of hydrogen-bond acceptors (Lipinski definition) is 0. The summed E-state index contributed by atoms with van der Waals surface area (Å²) in [4.78, 5) is 0. The van der Waals surface area contributed by atoms with Gasteiger partial charge in [-0.25, -0.2) is 0 Å². The Bertz CT molecular complexity index is 981. The van der Waals surface area contributed by atoms with E-state index in [1.165, 1.54) is 84.9 Å². The molecule has 171 valence electrons. The van der Waals surface area contributed by atoms with E-state index in [0.29, 0.717) is 5.41 Å². The van der Waals surface area contributed by atoms with E-state index in [1.807, 2.05) is 0 Å². The average Bonchev–Trinajstić information content (AvgIpc) is 2.83. The second kappa shape index (κ2) is 11.8. The molecule has 0 N–H and O–H groups in total. The van der Waals surface area contributed by atoms with E-state index in [9.17, 15) is 0 Å². The first-order chi connectivity index (χ1) is 15.5. The van der Waals surface area contributed by atoms with Crippen LogP contribution in [-0.2, 0) is 5.41 Å². The fourth-order valence-electron chi connectivity index (χ4n) is 5.31. The van der Waals surface area contributed by atoms with Crippen molar-refractivity contribution in [1.82, 2.24) is 0 Å². The summed E-state index contributed by atoms with van der Waals surface area (Å²) in [5.74, 6) is 0. The topological polar surface area (TPSA) is 0 Å². The molecule has 3 aromatic carbocycles. The normalized spacial score (nSPS) is 12.1. The van der Waals surface area contributed by atoms with Crippen molar-refractivity contribution in [2.75, 3.05) is 0 Å². The van der Waals surface area contributed by atoms with E-state index in [1.54, 1.807) is 5.56 Å². The Morgan fingerprint density at radius 3 is 2.06 bits per heavy atom. The molecule has 0 unspecified atom stereocenters. The first-order valence-corrected chi connectivity index (χ1v) is 15.5. The summed E-state index contributed by atoms with van der Waals surface area (Å²) in [6, 6.07) is 23.3. The van der Waals surface area contributed by atoms with Crippen molar-refractivity contribution in [3.63, 3.8) is 0 Å². The second-order valence-electron chi connectivity index (χ2n) is 9.83. The highest BCUT2D eigenvalue weighted by molar-refractivity contribution is 6.72. The van der Waals surface area contributed by atoms with Crippen LogP contribution in [0.5, 0.6) is 0 Å². The first kappa shape index (κ1) is 24.8. The molecule has 1 radical (unpaired) electrons. The molecule has 0 bridgehead atoms. The van der Waals surface area contributed by atoms with Gasteiger partial charge in [0.15, 0.2) is 0 Å². The van der Waals surface area contributed by atoms with Gasteiger partial charge in [-0.2, -0.15) is 0 Å². The maximum atomic E-state index is 2.49.